The smallest absolute Gasteiger partial charge is 0.384 e. The number of halogens is 3. The Balaban J connectivity index is 1.10. The van der Waals surface area contributed by atoms with Crippen LogP contribution >= 0.6 is 11.3 Å². The van der Waals surface area contributed by atoms with Crippen molar-refractivity contribution >= 4 is 23.2 Å². The van der Waals surface area contributed by atoms with Crippen LogP contribution in [0.25, 0.3) is 0 Å². The average molecular weight is 537 g/mol. The van der Waals surface area contributed by atoms with Crippen molar-refractivity contribution in [3.63, 3.8) is 0 Å². The Morgan fingerprint density at radius 1 is 1.14 bits per heavy atom. The van der Waals surface area contributed by atoms with Gasteiger partial charge in [0.25, 0.3) is 5.91 Å². The predicted molar refractivity (Wildman–Crippen MR) is 132 cm³/mol. The van der Waals surface area contributed by atoms with Gasteiger partial charge in [0.2, 0.25) is 5.91 Å². The summed E-state index contributed by atoms with van der Waals surface area (Å²) in [7, 11) is 0. The lowest BCUT2D eigenvalue weighted by Gasteiger charge is -2.39. The van der Waals surface area contributed by atoms with Crippen LogP contribution in [0.15, 0.2) is 36.0 Å². The Labute approximate surface area is 217 Å². The maximum atomic E-state index is 12.9. The number of thiazole rings is 1. The Morgan fingerprint density at radius 2 is 1.89 bits per heavy atom. The number of aromatic nitrogens is 1. The molecule has 1 unspecified atom stereocenters. The van der Waals surface area contributed by atoms with Crippen molar-refractivity contribution < 1.29 is 27.9 Å². The molecule has 3 aliphatic rings. The molecule has 37 heavy (non-hydrogen) atoms. The number of carbonyl (C=O) groups excluding carboxylic acids is 2. The van der Waals surface area contributed by atoms with Crippen molar-refractivity contribution in [1.82, 2.24) is 20.1 Å². The maximum Gasteiger partial charge on any atom is 0.416 e. The second-order valence-electron chi connectivity index (χ2n) is 10.7. The van der Waals surface area contributed by atoms with Crippen molar-refractivity contribution in [2.75, 3.05) is 32.7 Å². The molecule has 2 saturated heterocycles. The van der Waals surface area contributed by atoms with Gasteiger partial charge >= 0.3 is 6.18 Å². The normalized spacial score (nSPS) is 28.6. The van der Waals surface area contributed by atoms with Gasteiger partial charge in [-0.25, -0.2) is 0 Å². The van der Waals surface area contributed by atoms with Crippen LogP contribution in [0.3, 0.4) is 0 Å². The second kappa shape index (κ2) is 9.99. The zero-order chi connectivity index (χ0) is 26.3. The van der Waals surface area contributed by atoms with Gasteiger partial charge in [-0.2, -0.15) is 13.2 Å². The van der Waals surface area contributed by atoms with E-state index in [-0.39, 0.29) is 23.4 Å². The molecule has 11 heteroatoms. The molecule has 1 spiro atoms. The van der Waals surface area contributed by atoms with Crippen molar-refractivity contribution in [2.45, 2.75) is 56.3 Å². The summed E-state index contributed by atoms with van der Waals surface area (Å²) < 4.78 is 38.8. The van der Waals surface area contributed by atoms with Gasteiger partial charge in [-0.3, -0.25) is 19.5 Å². The number of alkyl halides is 3. The number of rotatable bonds is 5. The van der Waals surface area contributed by atoms with E-state index in [0.717, 1.165) is 68.6 Å². The Kier molecular flexibility index (Phi) is 7.06. The van der Waals surface area contributed by atoms with Gasteiger partial charge in [0.15, 0.2) is 0 Å². The van der Waals surface area contributed by atoms with Gasteiger partial charge in [0.1, 0.15) is 5.60 Å². The molecule has 7 nitrogen and oxygen atoms in total. The average Bonchev–Trinajstić information content (AvgIpc) is 3.65. The molecule has 2 amide bonds. The molecular weight excluding hydrogens is 505 g/mol. The summed E-state index contributed by atoms with van der Waals surface area (Å²) in [5, 5.41) is 13.5. The number of nitrogens with one attached hydrogen (secondary N) is 1. The summed E-state index contributed by atoms with van der Waals surface area (Å²) in [6.07, 6.45) is 2.42. The highest BCUT2D eigenvalue weighted by atomic mass is 32.1. The first-order valence-corrected chi connectivity index (χ1v) is 13.5. The minimum absolute atomic E-state index is 0.0339. The zero-order valence-corrected chi connectivity index (χ0v) is 21.3. The highest BCUT2D eigenvalue weighted by molar-refractivity contribution is 7.09. The van der Waals surface area contributed by atoms with E-state index in [2.05, 4.69) is 15.2 Å². The van der Waals surface area contributed by atoms with E-state index in [9.17, 15) is 27.9 Å². The van der Waals surface area contributed by atoms with Crippen LogP contribution in [0.5, 0.6) is 0 Å². The Hall–Kier alpha value is -2.50. The maximum absolute atomic E-state index is 12.9. The number of hydrogen-bond donors (Lipinski definition) is 2. The first kappa shape index (κ1) is 26.1. The summed E-state index contributed by atoms with van der Waals surface area (Å²) in [6.45, 7) is 2.88. The third kappa shape index (κ3) is 5.53. The number of likely N-dealkylation sites (tertiary alicyclic amines) is 2. The quantitative estimate of drug-likeness (QED) is 0.610. The minimum Gasteiger partial charge on any atom is -0.384 e. The number of aliphatic hydroxyl groups is 1. The van der Waals surface area contributed by atoms with E-state index < -0.39 is 23.2 Å². The SMILES string of the molecule is O=C(NCC(=O)N1CCC2(CCN(C3CCC(O)(c4cncs4)CC3)C2)C1)c1cccc(C(F)(F)F)c1. The molecule has 1 atom stereocenters. The van der Waals surface area contributed by atoms with Gasteiger partial charge in [0.05, 0.1) is 22.5 Å². The fourth-order valence-corrected chi connectivity index (χ4v) is 6.89. The molecule has 0 bridgehead atoms. The van der Waals surface area contributed by atoms with Crippen LogP contribution < -0.4 is 5.32 Å². The lowest BCUT2D eigenvalue weighted by Crippen LogP contribution is -2.43. The molecule has 2 aliphatic heterocycles. The summed E-state index contributed by atoms with van der Waals surface area (Å²) in [6, 6.07) is 4.61. The van der Waals surface area contributed by atoms with E-state index in [0.29, 0.717) is 19.1 Å². The minimum atomic E-state index is -4.54. The van der Waals surface area contributed by atoms with Crippen molar-refractivity contribution in [2.24, 2.45) is 5.41 Å². The molecule has 0 radical (unpaired) electrons. The molecule has 1 aliphatic carbocycles. The lowest BCUT2D eigenvalue weighted by atomic mass is 9.80. The zero-order valence-electron chi connectivity index (χ0n) is 20.5. The van der Waals surface area contributed by atoms with E-state index in [1.54, 1.807) is 16.6 Å². The first-order valence-electron chi connectivity index (χ1n) is 12.7. The van der Waals surface area contributed by atoms with Crippen LogP contribution in [0.4, 0.5) is 13.2 Å². The van der Waals surface area contributed by atoms with E-state index in [1.807, 2.05) is 0 Å². The summed E-state index contributed by atoms with van der Waals surface area (Å²) in [5.41, 5.74) is -0.00400. The molecule has 5 rings (SSSR count). The fraction of sp³-hybridized carbons (Fsp3) is 0.577. The molecule has 1 aromatic heterocycles. The molecule has 3 fully saturated rings. The van der Waals surface area contributed by atoms with Gasteiger partial charge < -0.3 is 15.3 Å². The monoisotopic (exact) mass is 536 g/mol. The van der Waals surface area contributed by atoms with Gasteiger partial charge in [-0.05, 0) is 63.3 Å². The fourth-order valence-electron chi connectivity index (χ4n) is 6.11. The van der Waals surface area contributed by atoms with Crippen LogP contribution in [0, 0.1) is 5.41 Å². The number of benzene rings is 1. The summed E-state index contributed by atoms with van der Waals surface area (Å²) in [5.74, 6) is -0.918. The Morgan fingerprint density at radius 3 is 2.59 bits per heavy atom. The molecule has 3 heterocycles. The van der Waals surface area contributed by atoms with Gasteiger partial charge in [0, 0.05) is 42.9 Å². The number of nitrogens with zero attached hydrogens (tertiary/aromatic N) is 3. The van der Waals surface area contributed by atoms with Gasteiger partial charge in [-0.15, -0.1) is 11.3 Å². The topological polar surface area (TPSA) is 85.8 Å². The summed E-state index contributed by atoms with van der Waals surface area (Å²) >= 11 is 1.50. The molecule has 1 aromatic carbocycles. The molecular formula is C26H31F3N4O3S. The third-order valence-corrected chi connectivity index (χ3v) is 9.27. The van der Waals surface area contributed by atoms with E-state index in [1.165, 1.54) is 23.5 Å². The van der Waals surface area contributed by atoms with E-state index in [4.69, 9.17) is 0 Å². The molecule has 1 saturated carbocycles. The van der Waals surface area contributed by atoms with Crippen LogP contribution in [-0.2, 0) is 16.6 Å². The number of hydrogen-bond acceptors (Lipinski definition) is 6. The van der Waals surface area contributed by atoms with Crippen LogP contribution in [-0.4, -0.2) is 70.5 Å². The number of carbonyl (C=O) groups is 2. The van der Waals surface area contributed by atoms with Crippen molar-refractivity contribution in [3.05, 3.63) is 52.0 Å². The largest absolute Gasteiger partial charge is 0.416 e. The van der Waals surface area contributed by atoms with Crippen molar-refractivity contribution in [1.29, 1.82) is 0 Å². The first-order chi connectivity index (χ1) is 17.6. The predicted octanol–water partition coefficient (Wildman–Crippen LogP) is 3.65. The standard InChI is InChI=1S/C26H31F3N4O3S/c27-26(28,29)19-3-1-2-18(12-19)23(35)31-14-22(34)33-11-9-24(16-33)8-10-32(15-24)20-4-6-25(36,7-5-20)21-13-30-17-37-21/h1-3,12-13,17,20,36H,4-11,14-16H2,(H,31,35). The highest BCUT2D eigenvalue weighted by Crippen LogP contribution is 2.45. The molecule has 2 aromatic rings. The van der Waals surface area contributed by atoms with Crippen molar-refractivity contribution in [3.8, 4) is 0 Å². The van der Waals surface area contributed by atoms with Crippen LogP contribution in [0.2, 0.25) is 0 Å². The Bertz CT molecular complexity index is 1130. The van der Waals surface area contributed by atoms with E-state index >= 15 is 0 Å². The molecule has 2 N–H and O–H groups in total. The van der Waals surface area contributed by atoms with Crippen LogP contribution in [0.1, 0.15) is 59.3 Å². The second-order valence-corrected chi connectivity index (χ2v) is 11.6. The third-order valence-electron chi connectivity index (χ3n) is 8.30. The lowest BCUT2D eigenvalue weighted by molar-refractivity contribution is -0.137. The highest BCUT2D eigenvalue weighted by Gasteiger charge is 2.47. The summed E-state index contributed by atoms with van der Waals surface area (Å²) in [4.78, 5) is 34.5. The van der Waals surface area contributed by atoms with Gasteiger partial charge in [-0.1, -0.05) is 6.07 Å². The molecule has 200 valence electrons. The number of amides is 2.